The lowest BCUT2D eigenvalue weighted by Crippen LogP contribution is -2.37. The van der Waals surface area contributed by atoms with Gasteiger partial charge in [0.15, 0.2) is 0 Å². The number of esters is 1. The average Bonchev–Trinajstić information content (AvgIpc) is 2.97. The second kappa shape index (κ2) is 6.53. The van der Waals surface area contributed by atoms with Crippen molar-refractivity contribution in [1.29, 1.82) is 0 Å². The van der Waals surface area contributed by atoms with Crippen LogP contribution in [0, 0.1) is 5.82 Å². The number of carbonyl (C=O) groups is 1. The summed E-state index contributed by atoms with van der Waals surface area (Å²) in [6.45, 7) is 2.33. The molecule has 0 saturated carbocycles. The summed E-state index contributed by atoms with van der Waals surface area (Å²) >= 11 is 0. The summed E-state index contributed by atoms with van der Waals surface area (Å²) in [5.41, 5.74) is 2.24. The van der Waals surface area contributed by atoms with Crippen molar-refractivity contribution in [3.05, 3.63) is 34.8 Å². The molecule has 3 rings (SSSR count). The van der Waals surface area contributed by atoms with Crippen LogP contribution < -0.4 is 0 Å². The highest BCUT2D eigenvalue weighted by atomic mass is 19.1. The largest absolute Gasteiger partial charge is 0.469 e. The topological polar surface area (TPSA) is 71.5 Å². The van der Waals surface area contributed by atoms with Crippen molar-refractivity contribution in [2.24, 2.45) is 0 Å². The monoisotopic (exact) mass is 335 g/mol. The van der Waals surface area contributed by atoms with Gasteiger partial charge in [-0.05, 0) is 30.5 Å². The highest BCUT2D eigenvalue weighted by Gasteiger charge is 2.41. The van der Waals surface area contributed by atoms with Gasteiger partial charge in [0, 0.05) is 24.0 Å². The number of carbonyl (C=O) groups excluding carboxylic acids is 1. The molecule has 2 aromatic rings. The Bertz CT molecular complexity index is 770. The van der Waals surface area contributed by atoms with Gasteiger partial charge in [-0.3, -0.25) is 4.79 Å². The molecule has 5 nitrogen and oxygen atoms in total. The summed E-state index contributed by atoms with van der Waals surface area (Å²) < 4.78 is 25.0. The van der Waals surface area contributed by atoms with E-state index in [2.05, 4.69) is 4.98 Å². The molecule has 0 fully saturated rings. The molecule has 0 aliphatic carbocycles. The Morgan fingerprint density at radius 3 is 2.96 bits per heavy atom. The van der Waals surface area contributed by atoms with Crippen LogP contribution in [-0.4, -0.2) is 36.4 Å². The number of methoxy groups -OCH3 is 1. The number of hydrogen-bond donors (Lipinski definition) is 2. The zero-order valence-corrected chi connectivity index (χ0v) is 13.9. The van der Waals surface area contributed by atoms with E-state index >= 15 is 0 Å². The molecule has 24 heavy (non-hydrogen) atoms. The van der Waals surface area contributed by atoms with E-state index in [1.165, 1.54) is 13.2 Å². The lowest BCUT2D eigenvalue weighted by atomic mass is 9.86. The van der Waals surface area contributed by atoms with E-state index in [-0.39, 0.29) is 31.2 Å². The maximum atomic E-state index is 14.2. The van der Waals surface area contributed by atoms with Gasteiger partial charge in [0.25, 0.3) is 0 Å². The zero-order valence-electron chi connectivity index (χ0n) is 13.9. The molecular weight excluding hydrogens is 313 g/mol. The Balaban J connectivity index is 2.20. The molecule has 1 aromatic carbocycles. The highest BCUT2D eigenvalue weighted by Crippen LogP contribution is 2.42. The van der Waals surface area contributed by atoms with E-state index < -0.39 is 5.60 Å². The van der Waals surface area contributed by atoms with Gasteiger partial charge in [0.1, 0.15) is 11.4 Å². The molecule has 1 unspecified atom stereocenters. The lowest BCUT2D eigenvalue weighted by Gasteiger charge is -2.35. The standard InChI is InChI=1S/C18H22FNO4/c1-3-18(10-15(22)23-2)17-12(7-9-24-18)11-4-5-14(19)13(6-8-21)16(11)20-17/h4-5,20-21H,3,6-10H2,1-2H3. The fourth-order valence-electron chi connectivity index (χ4n) is 3.63. The van der Waals surface area contributed by atoms with Crippen molar-refractivity contribution in [2.75, 3.05) is 20.3 Å². The van der Waals surface area contributed by atoms with Gasteiger partial charge in [-0.2, -0.15) is 0 Å². The Labute approximate surface area is 139 Å². The number of halogens is 1. The summed E-state index contributed by atoms with van der Waals surface area (Å²) in [6, 6.07) is 3.19. The van der Waals surface area contributed by atoms with Crippen LogP contribution in [0.1, 0.15) is 36.6 Å². The predicted octanol–water partition coefficient (Wildman–Crippen LogP) is 2.58. The second-order valence-corrected chi connectivity index (χ2v) is 6.10. The molecule has 0 bridgehead atoms. The molecule has 1 aliphatic rings. The van der Waals surface area contributed by atoms with Crippen LogP contribution in [0.25, 0.3) is 10.9 Å². The molecule has 0 radical (unpaired) electrons. The predicted molar refractivity (Wildman–Crippen MR) is 87.3 cm³/mol. The van der Waals surface area contributed by atoms with E-state index in [1.54, 1.807) is 6.07 Å². The molecular formula is C18H22FNO4. The van der Waals surface area contributed by atoms with E-state index in [0.717, 1.165) is 16.6 Å². The average molecular weight is 335 g/mol. The van der Waals surface area contributed by atoms with Crippen LogP contribution >= 0.6 is 0 Å². The smallest absolute Gasteiger partial charge is 0.308 e. The maximum absolute atomic E-state index is 14.2. The third-order valence-corrected chi connectivity index (χ3v) is 4.91. The number of ether oxygens (including phenoxy) is 2. The molecule has 0 saturated heterocycles. The molecule has 130 valence electrons. The Morgan fingerprint density at radius 2 is 2.29 bits per heavy atom. The van der Waals surface area contributed by atoms with Crippen LogP contribution in [0.3, 0.4) is 0 Å². The quantitative estimate of drug-likeness (QED) is 0.824. The SMILES string of the molecule is CCC1(CC(=O)OC)OCCc2c1[nH]c1c(CCO)c(F)ccc21. The van der Waals surface area contributed by atoms with Gasteiger partial charge in [-0.1, -0.05) is 6.92 Å². The van der Waals surface area contributed by atoms with Crippen LogP contribution in [0.4, 0.5) is 4.39 Å². The molecule has 2 N–H and O–H groups in total. The minimum Gasteiger partial charge on any atom is -0.469 e. The van der Waals surface area contributed by atoms with Gasteiger partial charge in [-0.15, -0.1) is 0 Å². The number of benzene rings is 1. The van der Waals surface area contributed by atoms with Crippen molar-refractivity contribution in [1.82, 2.24) is 4.98 Å². The van der Waals surface area contributed by atoms with Gasteiger partial charge in [0.05, 0.1) is 31.3 Å². The number of hydrogen-bond acceptors (Lipinski definition) is 4. The number of aromatic nitrogens is 1. The number of aromatic amines is 1. The zero-order chi connectivity index (χ0) is 17.3. The summed E-state index contributed by atoms with van der Waals surface area (Å²) in [6.07, 6.45) is 1.64. The first-order valence-corrected chi connectivity index (χ1v) is 8.20. The first-order valence-electron chi connectivity index (χ1n) is 8.20. The first-order chi connectivity index (χ1) is 11.6. The Morgan fingerprint density at radius 1 is 1.50 bits per heavy atom. The van der Waals surface area contributed by atoms with E-state index in [0.29, 0.717) is 30.5 Å². The summed E-state index contributed by atoms with van der Waals surface area (Å²) in [5, 5.41) is 10.2. The van der Waals surface area contributed by atoms with E-state index in [1.807, 2.05) is 6.92 Å². The van der Waals surface area contributed by atoms with Crippen molar-refractivity contribution in [3.8, 4) is 0 Å². The first kappa shape index (κ1) is 16.9. The Kier molecular flexibility index (Phi) is 4.60. The number of aliphatic hydroxyl groups excluding tert-OH is 1. The van der Waals surface area contributed by atoms with Gasteiger partial charge < -0.3 is 19.6 Å². The fraction of sp³-hybridized carbons (Fsp3) is 0.500. The highest BCUT2D eigenvalue weighted by molar-refractivity contribution is 5.88. The van der Waals surface area contributed by atoms with Crippen LogP contribution in [-0.2, 0) is 32.7 Å². The van der Waals surface area contributed by atoms with Gasteiger partial charge in [0.2, 0.25) is 0 Å². The van der Waals surface area contributed by atoms with Gasteiger partial charge in [-0.25, -0.2) is 4.39 Å². The van der Waals surface area contributed by atoms with Gasteiger partial charge >= 0.3 is 5.97 Å². The third kappa shape index (κ3) is 2.59. The van der Waals surface area contributed by atoms with Crippen LogP contribution in [0.15, 0.2) is 12.1 Å². The van der Waals surface area contributed by atoms with Crippen molar-refractivity contribution < 1.29 is 23.8 Å². The van der Waals surface area contributed by atoms with Crippen molar-refractivity contribution in [2.45, 2.75) is 38.2 Å². The van der Waals surface area contributed by atoms with Crippen LogP contribution in [0.5, 0.6) is 0 Å². The number of nitrogens with one attached hydrogen (secondary N) is 1. The normalized spacial score (nSPS) is 20.2. The number of rotatable bonds is 5. The third-order valence-electron chi connectivity index (χ3n) is 4.91. The van der Waals surface area contributed by atoms with E-state index in [4.69, 9.17) is 9.47 Å². The molecule has 0 spiro atoms. The minimum absolute atomic E-state index is 0.109. The maximum Gasteiger partial charge on any atom is 0.308 e. The number of fused-ring (bicyclic) bond motifs is 3. The molecule has 1 aromatic heterocycles. The Hall–Kier alpha value is -1.92. The number of H-pyrrole nitrogens is 1. The molecule has 2 heterocycles. The van der Waals surface area contributed by atoms with Crippen LogP contribution in [0.2, 0.25) is 0 Å². The van der Waals surface area contributed by atoms with Crippen molar-refractivity contribution >= 4 is 16.9 Å². The summed E-state index contributed by atoms with van der Waals surface area (Å²) in [4.78, 5) is 15.2. The minimum atomic E-state index is -0.785. The number of aliphatic hydroxyl groups is 1. The molecule has 0 amide bonds. The summed E-state index contributed by atoms with van der Waals surface area (Å²) in [5.74, 6) is -0.684. The molecule has 6 heteroatoms. The second-order valence-electron chi connectivity index (χ2n) is 6.10. The summed E-state index contributed by atoms with van der Waals surface area (Å²) in [7, 11) is 1.36. The lowest BCUT2D eigenvalue weighted by molar-refractivity contribution is -0.152. The molecule has 1 atom stereocenters. The molecule has 1 aliphatic heterocycles. The fourth-order valence-corrected chi connectivity index (χ4v) is 3.63. The van der Waals surface area contributed by atoms with Crippen molar-refractivity contribution in [3.63, 3.8) is 0 Å². The van der Waals surface area contributed by atoms with E-state index in [9.17, 15) is 14.3 Å².